The molecule has 0 saturated carbocycles. The third-order valence-corrected chi connectivity index (χ3v) is 5.22. The van der Waals surface area contributed by atoms with Crippen LogP contribution < -0.4 is 20.2 Å². The summed E-state index contributed by atoms with van der Waals surface area (Å²) in [6, 6.07) is 22.0. The summed E-state index contributed by atoms with van der Waals surface area (Å²) < 4.78 is 16.3. The van der Waals surface area contributed by atoms with Crippen molar-refractivity contribution in [1.82, 2.24) is 10.7 Å². The largest absolute Gasteiger partial charge is 0.493 e. The van der Waals surface area contributed by atoms with Gasteiger partial charge in [-0.3, -0.25) is 4.79 Å². The normalized spacial score (nSPS) is 11.5. The average molecular weight is 490 g/mol. The van der Waals surface area contributed by atoms with E-state index >= 15 is 0 Å². The average Bonchev–Trinajstić information content (AvgIpc) is 2.88. The Bertz CT molecular complexity index is 1180. The van der Waals surface area contributed by atoms with Gasteiger partial charge >= 0.3 is 6.09 Å². The molecule has 2 amide bonds. The number of ether oxygens (including phenoxy) is 3. The fraction of sp³-hybridized carbons (Fsp3) is 0.250. The molecule has 0 bridgehead atoms. The van der Waals surface area contributed by atoms with Gasteiger partial charge in [-0.1, -0.05) is 60.2 Å². The van der Waals surface area contributed by atoms with Crippen molar-refractivity contribution >= 4 is 18.2 Å². The van der Waals surface area contributed by atoms with E-state index in [0.717, 1.165) is 11.1 Å². The lowest BCUT2D eigenvalue weighted by Crippen LogP contribution is -2.47. The quantitative estimate of drug-likeness (QED) is 0.308. The van der Waals surface area contributed by atoms with Crippen molar-refractivity contribution in [3.63, 3.8) is 0 Å². The molecule has 188 valence electrons. The van der Waals surface area contributed by atoms with Crippen molar-refractivity contribution in [1.29, 1.82) is 0 Å². The van der Waals surface area contributed by atoms with Gasteiger partial charge in [0.2, 0.25) is 0 Å². The van der Waals surface area contributed by atoms with Gasteiger partial charge < -0.3 is 19.5 Å². The third kappa shape index (κ3) is 8.16. The molecule has 8 nitrogen and oxygen atoms in total. The number of alkyl carbamates (subject to hydrolysis) is 1. The molecule has 0 aliphatic rings. The van der Waals surface area contributed by atoms with E-state index in [2.05, 4.69) is 21.9 Å². The van der Waals surface area contributed by atoms with Gasteiger partial charge in [-0.15, -0.1) is 0 Å². The third-order valence-electron chi connectivity index (χ3n) is 5.22. The van der Waals surface area contributed by atoms with Gasteiger partial charge in [0.15, 0.2) is 11.5 Å². The number of hydrazone groups is 1. The molecule has 0 saturated heterocycles. The van der Waals surface area contributed by atoms with Crippen LogP contribution in [0.1, 0.15) is 29.2 Å². The van der Waals surface area contributed by atoms with Crippen molar-refractivity contribution in [2.24, 2.45) is 5.10 Å². The highest BCUT2D eigenvalue weighted by Gasteiger charge is 2.21. The smallest absolute Gasteiger partial charge is 0.407 e. The lowest BCUT2D eigenvalue weighted by Gasteiger charge is -2.16. The minimum absolute atomic E-state index is 0.205. The van der Waals surface area contributed by atoms with Crippen LogP contribution in [0.3, 0.4) is 0 Å². The zero-order chi connectivity index (χ0) is 25.8. The van der Waals surface area contributed by atoms with Crippen LogP contribution in [0, 0.1) is 6.92 Å². The highest BCUT2D eigenvalue weighted by Crippen LogP contribution is 2.28. The first-order valence-electron chi connectivity index (χ1n) is 11.6. The number of aryl methyl sites for hydroxylation is 1. The Morgan fingerprint density at radius 3 is 2.47 bits per heavy atom. The Morgan fingerprint density at radius 1 is 0.972 bits per heavy atom. The number of nitrogens with zero attached hydrogens (tertiary/aromatic N) is 1. The Kier molecular flexibility index (Phi) is 9.88. The summed E-state index contributed by atoms with van der Waals surface area (Å²) in [6.07, 6.45) is 1.12. The van der Waals surface area contributed by atoms with Crippen LogP contribution in [-0.2, 0) is 22.6 Å². The van der Waals surface area contributed by atoms with E-state index in [1.54, 1.807) is 26.2 Å². The number of methoxy groups -OCH3 is 1. The monoisotopic (exact) mass is 489 g/mol. The molecule has 36 heavy (non-hydrogen) atoms. The lowest BCUT2D eigenvalue weighted by molar-refractivity contribution is -0.123. The Hall–Kier alpha value is -4.33. The second-order valence-corrected chi connectivity index (χ2v) is 8.03. The number of hydrogen-bond acceptors (Lipinski definition) is 6. The summed E-state index contributed by atoms with van der Waals surface area (Å²) in [6.45, 7) is 4.35. The molecule has 2 N–H and O–H groups in total. The first-order chi connectivity index (χ1) is 17.5. The van der Waals surface area contributed by atoms with Crippen LogP contribution >= 0.6 is 0 Å². The number of carbonyl (C=O) groups excluding carboxylic acids is 2. The predicted octanol–water partition coefficient (Wildman–Crippen LogP) is 4.39. The molecule has 1 atom stereocenters. The van der Waals surface area contributed by atoms with E-state index in [1.165, 1.54) is 11.8 Å². The molecular weight excluding hydrogens is 458 g/mol. The van der Waals surface area contributed by atoms with Gasteiger partial charge in [0.05, 0.1) is 19.9 Å². The summed E-state index contributed by atoms with van der Waals surface area (Å²) in [5.41, 5.74) is 6.31. The second kappa shape index (κ2) is 13.5. The number of amides is 2. The summed E-state index contributed by atoms with van der Waals surface area (Å²) in [7, 11) is 1.56. The first-order valence-corrected chi connectivity index (χ1v) is 11.6. The highest BCUT2D eigenvalue weighted by atomic mass is 16.5. The molecule has 0 heterocycles. The standard InChI is InChI=1S/C28H31N3O5/c1-4-35-28(33)30-24(16-21-10-6-5-7-11-21)27(32)31-29-18-22-13-14-25(26(17-22)34-3)36-19-23-12-8-9-20(2)15-23/h5-15,17-18,24H,4,16,19H2,1-3H3,(H,30,33)(H,31,32)/b29-18-/t24-/m1/s1. The van der Waals surface area contributed by atoms with Crippen LogP contribution in [0.5, 0.6) is 11.5 Å². The van der Waals surface area contributed by atoms with Crippen LogP contribution in [0.4, 0.5) is 4.79 Å². The topological polar surface area (TPSA) is 98.2 Å². The highest BCUT2D eigenvalue weighted by molar-refractivity contribution is 5.87. The van der Waals surface area contributed by atoms with E-state index in [1.807, 2.05) is 61.5 Å². The molecule has 0 aromatic heterocycles. The van der Waals surface area contributed by atoms with Crippen LogP contribution in [0.2, 0.25) is 0 Å². The maximum atomic E-state index is 12.8. The maximum Gasteiger partial charge on any atom is 0.407 e. The first kappa shape index (κ1) is 26.3. The Morgan fingerprint density at radius 2 is 1.75 bits per heavy atom. The van der Waals surface area contributed by atoms with Crippen LogP contribution in [0.15, 0.2) is 77.9 Å². The molecule has 3 aromatic carbocycles. The van der Waals surface area contributed by atoms with E-state index < -0.39 is 18.0 Å². The predicted molar refractivity (Wildman–Crippen MR) is 138 cm³/mol. The van der Waals surface area contributed by atoms with Crippen molar-refractivity contribution in [2.75, 3.05) is 13.7 Å². The van der Waals surface area contributed by atoms with Gasteiger partial charge in [0.25, 0.3) is 5.91 Å². The summed E-state index contributed by atoms with van der Waals surface area (Å²) in [5.74, 6) is 0.679. The summed E-state index contributed by atoms with van der Waals surface area (Å²) in [5, 5.41) is 6.64. The fourth-order valence-electron chi connectivity index (χ4n) is 3.47. The van der Waals surface area contributed by atoms with Gasteiger partial charge in [-0.25, -0.2) is 10.2 Å². The molecule has 0 fully saturated rings. The van der Waals surface area contributed by atoms with E-state index in [4.69, 9.17) is 14.2 Å². The van der Waals surface area contributed by atoms with Crippen molar-refractivity contribution in [3.05, 3.63) is 95.1 Å². The molecule has 0 spiro atoms. The Labute approximate surface area is 211 Å². The second-order valence-electron chi connectivity index (χ2n) is 8.03. The molecule has 3 aromatic rings. The number of rotatable bonds is 11. The van der Waals surface area contributed by atoms with E-state index in [9.17, 15) is 9.59 Å². The van der Waals surface area contributed by atoms with Gasteiger partial charge in [0.1, 0.15) is 12.6 Å². The molecule has 0 aliphatic carbocycles. The number of nitrogens with one attached hydrogen (secondary N) is 2. The van der Waals surface area contributed by atoms with Crippen molar-refractivity contribution in [3.8, 4) is 11.5 Å². The summed E-state index contributed by atoms with van der Waals surface area (Å²) >= 11 is 0. The van der Waals surface area contributed by atoms with Gasteiger partial charge in [-0.05, 0) is 48.7 Å². The number of hydrogen-bond donors (Lipinski definition) is 2. The molecular formula is C28H31N3O5. The molecule has 3 rings (SSSR count). The van der Waals surface area contributed by atoms with E-state index in [0.29, 0.717) is 30.1 Å². The van der Waals surface area contributed by atoms with Crippen molar-refractivity contribution in [2.45, 2.75) is 32.9 Å². The lowest BCUT2D eigenvalue weighted by atomic mass is 10.1. The zero-order valence-electron chi connectivity index (χ0n) is 20.7. The number of carbonyl (C=O) groups is 2. The van der Waals surface area contributed by atoms with Gasteiger partial charge in [-0.2, -0.15) is 5.10 Å². The number of benzene rings is 3. The maximum absolute atomic E-state index is 12.8. The minimum atomic E-state index is -0.851. The van der Waals surface area contributed by atoms with E-state index in [-0.39, 0.29) is 6.61 Å². The Balaban J connectivity index is 1.63. The SMILES string of the molecule is CCOC(=O)N[C@H](Cc1ccccc1)C(=O)N/N=C\c1ccc(OCc2cccc(C)c2)c(OC)c1. The molecule has 8 heteroatoms. The molecule has 0 unspecified atom stereocenters. The molecule has 0 aliphatic heterocycles. The zero-order valence-corrected chi connectivity index (χ0v) is 20.7. The van der Waals surface area contributed by atoms with Gasteiger partial charge in [0, 0.05) is 6.42 Å². The minimum Gasteiger partial charge on any atom is -0.493 e. The molecule has 0 radical (unpaired) electrons. The fourth-order valence-corrected chi connectivity index (χ4v) is 3.47. The van der Waals surface area contributed by atoms with Crippen LogP contribution in [0.25, 0.3) is 0 Å². The van der Waals surface area contributed by atoms with Crippen molar-refractivity contribution < 1.29 is 23.8 Å². The summed E-state index contributed by atoms with van der Waals surface area (Å²) in [4.78, 5) is 24.7. The van der Waals surface area contributed by atoms with Crippen LogP contribution in [-0.4, -0.2) is 38.0 Å².